The lowest BCUT2D eigenvalue weighted by Gasteiger charge is -2.31. The van der Waals surface area contributed by atoms with E-state index in [-0.39, 0.29) is 5.92 Å². The van der Waals surface area contributed by atoms with Gasteiger partial charge in [0.1, 0.15) is 0 Å². The Bertz CT molecular complexity index is 280. The molecule has 0 heterocycles. The van der Waals surface area contributed by atoms with Gasteiger partial charge in [0.05, 0.1) is 18.5 Å². The second-order valence-corrected chi connectivity index (χ2v) is 4.32. The Morgan fingerprint density at radius 3 is 3.00 bits per heavy atom. The van der Waals surface area contributed by atoms with Crippen LogP contribution in [0.4, 0.5) is 0 Å². The van der Waals surface area contributed by atoms with Crippen molar-refractivity contribution < 1.29 is 9.84 Å². The van der Waals surface area contributed by atoms with Crippen LogP contribution in [0.5, 0.6) is 0 Å². The number of methoxy groups -OCH3 is 1. The Labute approximate surface area is 85.3 Å². The Morgan fingerprint density at radius 1 is 1.57 bits per heavy atom. The molecule has 0 unspecified atom stereocenters. The molecule has 1 N–H and O–H groups in total. The maximum atomic E-state index is 10.4. The summed E-state index contributed by atoms with van der Waals surface area (Å²) < 4.78 is 5.35. The molecule has 2 heteroatoms. The number of ether oxygens (including phenoxy) is 1. The maximum absolute atomic E-state index is 10.4. The third kappa shape index (κ3) is 1.29. The fourth-order valence-corrected chi connectivity index (χ4v) is 2.81. The average molecular weight is 194 g/mol. The van der Waals surface area contributed by atoms with Gasteiger partial charge in [-0.1, -0.05) is 12.5 Å². The first-order chi connectivity index (χ1) is 6.71. The van der Waals surface area contributed by atoms with Crippen LogP contribution in [0.3, 0.4) is 0 Å². The minimum atomic E-state index is -0.735. The van der Waals surface area contributed by atoms with Gasteiger partial charge in [0.25, 0.3) is 0 Å². The third-order valence-corrected chi connectivity index (χ3v) is 3.61. The second-order valence-electron chi connectivity index (χ2n) is 4.32. The molecule has 0 bridgehead atoms. The smallest absolute Gasteiger partial charge is 0.0983 e. The van der Waals surface area contributed by atoms with Crippen molar-refractivity contribution in [2.75, 3.05) is 7.11 Å². The topological polar surface area (TPSA) is 29.5 Å². The molecule has 0 spiro atoms. The van der Waals surface area contributed by atoms with Crippen LogP contribution in [0.15, 0.2) is 24.0 Å². The molecule has 2 rings (SSSR count). The molecule has 2 aliphatic rings. The summed E-state index contributed by atoms with van der Waals surface area (Å²) in [6, 6.07) is 0. The standard InChI is InChI=1S/C12H18O2/c1-3-12(13)8-11(14-2)9-6-4-5-7-10(9)12/h3,10,13H,1,4-8H2,2H3/t10-,12-/m1/s1. The van der Waals surface area contributed by atoms with Gasteiger partial charge in [0.15, 0.2) is 0 Å². The van der Waals surface area contributed by atoms with Gasteiger partial charge in [-0.05, 0) is 24.8 Å². The van der Waals surface area contributed by atoms with Crippen molar-refractivity contribution in [1.29, 1.82) is 0 Å². The van der Waals surface area contributed by atoms with Gasteiger partial charge in [0.2, 0.25) is 0 Å². The summed E-state index contributed by atoms with van der Waals surface area (Å²) in [4.78, 5) is 0. The molecule has 1 saturated carbocycles. The number of fused-ring (bicyclic) bond motifs is 1. The first-order valence-corrected chi connectivity index (χ1v) is 5.33. The zero-order chi connectivity index (χ0) is 10.2. The highest BCUT2D eigenvalue weighted by molar-refractivity contribution is 5.30. The lowest BCUT2D eigenvalue weighted by molar-refractivity contribution is 0.0424. The Kier molecular flexibility index (Phi) is 2.40. The van der Waals surface area contributed by atoms with E-state index < -0.39 is 5.60 Å². The second kappa shape index (κ2) is 3.43. The molecule has 2 aliphatic carbocycles. The normalized spacial score (nSPS) is 36.9. The molecule has 0 aromatic carbocycles. The average Bonchev–Trinajstić information content (AvgIpc) is 2.54. The van der Waals surface area contributed by atoms with Crippen molar-refractivity contribution in [3.63, 3.8) is 0 Å². The van der Waals surface area contributed by atoms with Crippen LogP contribution < -0.4 is 0 Å². The van der Waals surface area contributed by atoms with E-state index in [0.717, 1.165) is 18.6 Å². The molecule has 78 valence electrons. The number of hydrogen-bond acceptors (Lipinski definition) is 2. The Hall–Kier alpha value is -0.760. The molecule has 0 aliphatic heterocycles. The van der Waals surface area contributed by atoms with E-state index in [0.29, 0.717) is 6.42 Å². The Balaban J connectivity index is 2.31. The molecular formula is C12H18O2. The summed E-state index contributed by atoms with van der Waals surface area (Å²) in [6.45, 7) is 3.74. The van der Waals surface area contributed by atoms with Gasteiger partial charge < -0.3 is 9.84 Å². The SMILES string of the molecule is C=C[C@@]1(O)CC(OC)=C2CCCC[C@H]21. The minimum absolute atomic E-state index is 0.267. The quantitative estimate of drug-likeness (QED) is 0.684. The monoisotopic (exact) mass is 194 g/mol. The van der Waals surface area contributed by atoms with Crippen molar-refractivity contribution in [1.82, 2.24) is 0 Å². The molecule has 0 radical (unpaired) electrons. The van der Waals surface area contributed by atoms with Crippen LogP contribution in [0, 0.1) is 5.92 Å². The summed E-state index contributed by atoms with van der Waals surface area (Å²) in [7, 11) is 1.70. The van der Waals surface area contributed by atoms with E-state index in [1.807, 2.05) is 0 Å². The number of hydrogen-bond donors (Lipinski definition) is 1. The van der Waals surface area contributed by atoms with Crippen LogP contribution in [0.1, 0.15) is 32.1 Å². The van der Waals surface area contributed by atoms with Crippen LogP contribution in [0.25, 0.3) is 0 Å². The van der Waals surface area contributed by atoms with Gasteiger partial charge in [-0.3, -0.25) is 0 Å². The zero-order valence-electron chi connectivity index (χ0n) is 8.75. The molecule has 0 amide bonds. The van der Waals surface area contributed by atoms with Crippen LogP contribution in [-0.2, 0) is 4.74 Å². The summed E-state index contributed by atoms with van der Waals surface area (Å²) in [5.41, 5.74) is 0.599. The lowest BCUT2D eigenvalue weighted by atomic mass is 9.78. The van der Waals surface area contributed by atoms with E-state index in [2.05, 4.69) is 6.58 Å². The van der Waals surface area contributed by atoms with Gasteiger partial charge in [0, 0.05) is 12.3 Å². The summed E-state index contributed by atoms with van der Waals surface area (Å²) in [6.07, 6.45) is 6.91. The van der Waals surface area contributed by atoms with E-state index in [1.165, 1.54) is 18.4 Å². The predicted molar refractivity (Wildman–Crippen MR) is 55.8 cm³/mol. The first-order valence-electron chi connectivity index (χ1n) is 5.33. The highest BCUT2D eigenvalue weighted by atomic mass is 16.5. The van der Waals surface area contributed by atoms with E-state index in [9.17, 15) is 5.11 Å². The molecule has 0 aromatic rings. The summed E-state index contributed by atoms with van der Waals surface area (Å²) in [5.74, 6) is 1.26. The van der Waals surface area contributed by atoms with Crippen LogP contribution in [-0.4, -0.2) is 17.8 Å². The van der Waals surface area contributed by atoms with Crippen molar-refractivity contribution in [2.45, 2.75) is 37.7 Å². The van der Waals surface area contributed by atoms with Gasteiger partial charge >= 0.3 is 0 Å². The molecule has 0 saturated heterocycles. The predicted octanol–water partition coefficient (Wildman–Crippen LogP) is 2.40. The van der Waals surface area contributed by atoms with E-state index >= 15 is 0 Å². The van der Waals surface area contributed by atoms with Crippen LogP contribution in [0.2, 0.25) is 0 Å². The van der Waals surface area contributed by atoms with Crippen molar-refractivity contribution >= 4 is 0 Å². The molecular weight excluding hydrogens is 176 g/mol. The molecule has 14 heavy (non-hydrogen) atoms. The van der Waals surface area contributed by atoms with Gasteiger partial charge in [-0.15, -0.1) is 6.58 Å². The third-order valence-electron chi connectivity index (χ3n) is 3.61. The maximum Gasteiger partial charge on any atom is 0.0983 e. The number of aliphatic hydroxyl groups is 1. The molecule has 2 atom stereocenters. The largest absolute Gasteiger partial charge is 0.501 e. The Morgan fingerprint density at radius 2 is 2.36 bits per heavy atom. The van der Waals surface area contributed by atoms with E-state index in [4.69, 9.17) is 4.74 Å². The highest BCUT2D eigenvalue weighted by Crippen LogP contribution is 2.48. The van der Waals surface area contributed by atoms with Crippen LogP contribution >= 0.6 is 0 Å². The van der Waals surface area contributed by atoms with Crippen molar-refractivity contribution in [3.05, 3.63) is 24.0 Å². The fourth-order valence-electron chi connectivity index (χ4n) is 2.81. The highest BCUT2D eigenvalue weighted by Gasteiger charge is 2.45. The van der Waals surface area contributed by atoms with Gasteiger partial charge in [-0.25, -0.2) is 0 Å². The lowest BCUT2D eigenvalue weighted by Crippen LogP contribution is -2.33. The zero-order valence-corrected chi connectivity index (χ0v) is 8.75. The summed E-state index contributed by atoms with van der Waals surface area (Å²) >= 11 is 0. The van der Waals surface area contributed by atoms with Gasteiger partial charge in [-0.2, -0.15) is 0 Å². The number of rotatable bonds is 2. The van der Waals surface area contributed by atoms with Crippen molar-refractivity contribution in [3.8, 4) is 0 Å². The van der Waals surface area contributed by atoms with E-state index in [1.54, 1.807) is 13.2 Å². The minimum Gasteiger partial charge on any atom is -0.501 e. The fraction of sp³-hybridized carbons (Fsp3) is 0.667. The first kappa shape index (κ1) is 9.78. The molecule has 1 fully saturated rings. The van der Waals surface area contributed by atoms with Crippen molar-refractivity contribution in [2.24, 2.45) is 5.92 Å². The molecule has 0 aromatic heterocycles. The molecule has 2 nitrogen and oxygen atoms in total. The summed E-state index contributed by atoms with van der Waals surface area (Å²) in [5, 5.41) is 10.4.